The maximum Gasteiger partial charge on any atom is 0.253 e. The molecule has 3 aromatic heterocycles. The van der Waals surface area contributed by atoms with E-state index >= 15 is 0 Å². The first-order chi connectivity index (χ1) is 13.2. The molecule has 3 aromatic rings. The van der Waals surface area contributed by atoms with Gasteiger partial charge in [0.05, 0.1) is 19.5 Å². The standard InChI is InChI=1S/C18H20N6O2S/c1-22-11-21-15-16(22)19-10-20-17(15)23-5-6-26-13(9-23)18(25)24-4-2-14-12(8-24)3-7-27-14/h3,7,10-11,13H,2,4-6,8-9H2,1H3. The number of carbonyl (C=O) groups excluding carboxylic acids is 1. The Kier molecular flexibility index (Phi) is 4.05. The zero-order valence-electron chi connectivity index (χ0n) is 15.0. The van der Waals surface area contributed by atoms with Crippen LogP contribution in [0.15, 0.2) is 24.1 Å². The van der Waals surface area contributed by atoms with Crippen LogP contribution in [0.2, 0.25) is 0 Å². The van der Waals surface area contributed by atoms with E-state index in [1.54, 1.807) is 24.0 Å². The van der Waals surface area contributed by atoms with Gasteiger partial charge in [-0.05, 0) is 23.4 Å². The van der Waals surface area contributed by atoms with E-state index < -0.39 is 6.10 Å². The number of hydrogen-bond acceptors (Lipinski definition) is 7. The average molecular weight is 384 g/mol. The van der Waals surface area contributed by atoms with Gasteiger partial charge in [-0.1, -0.05) is 0 Å². The van der Waals surface area contributed by atoms with E-state index in [0.29, 0.717) is 26.2 Å². The van der Waals surface area contributed by atoms with Crippen LogP contribution in [0.25, 0.3) is 11.2 Å². The minimum absolute atomic E-state index is 0.0582. The van der Waals surface area contributed by atoms with E-state index in [0.717, 1.165) is 29.9 Å². The first-order valence-corrected chi connectivity index (χ1v) is 9.91. The van der Waals surface area contributed by atoms with Crippen molar-refractivity contribution in [3.63, 3.8) is 0 Å². The normalized spacial score (nSPS) is 20.1. The quantitative estimate of drug-likeness (QED) is 0.661. The summed E-state index contributed by atoms with van der Waals surface area (Å²) in [6.07, 6.45) is 3.73. The lowest BCUT2D eigenvalue weighted by molar-refractivity contribution is -0.145. The van der Waals surface area contributed by atoms with E-state index in [4.69, 9.17) is 4.74 Å². The number of aryl methyl sites for hydroxylation is 1. The summed E-state index contributed by atoms with van der Waals surface area (Å²) in [6.45, 7) is 3.08. The molecule has 5 heterocycles. The third kappa shape index (κ3) is 2.87. The Labute approximate surface area is 160 Å². The lowest BCUT2D eigenvalue weighted by Gasteiger charge is -2.36. The van der Waals surface area contributed by atoms with Gasteiger partial charge in [-0.25, -0.2) is 15.0 Å². The molecule has 1 amide bonds. The van der Waals surface area contributed by atoms with Gasteiger partial charge < -0.3 is 19.1 Å². The summed E-state index contributed by atoms with van der Waals surface area (Å²) in [5, 5.41) is 2.10. The second kappa shape index (κ2) is 6.58. The number of anilines is 1. The van der Waals surface area contributed by atoms with Crippen molar-refractivity contribution in [3.05, 3.63) is 34.5 Å². The average Bonchev–Trinajstić information content (AvgIpc) is 3.33. The highest BCUT2D eigenvalue weighted by molar-refractivity contribution is 7.10. The maximum absolute atomic E-state index is 13.1. The summed E-state index contributed by atoms with van der Waals surface area (Å²) in [5.41, 5.74) is 2.81. The van der Waals surface area contributed by atoms with E-state index in [2.05, 4.69) is 31.3 Å². The molecule has 0 aromatic carbocycles. The molecule has 1 unspecified atom stereocenters. The number of nitrogens with zero attached hydrogens (tertiary/aromatic N) is 6. The fourth-order valence-electron chi connectivity index (χ4n) is 3.80. The molecular weight excluding hydrogens is 364 g/mol. The molecule has 27 heavy (non-hydrogen) atoms. The molecule has 140 valence electrons. The van der Waals surface area contributed by atoms with Crippen molar-refractivity contribution in [2.24, 2.45) is 7.05 Å². The molecule has 0 aliphatic carbocycles. The molecule has 2 aliphatic heterocycles. The smallest absolute Gasteiger partial charge is 0.253 e. The number of carbonyl (C=O) groups is 1. The van der Waals surface area contributed by atoms with Gasteiger partial charge in [0.15, 0.2) is 23.1 Å². The first kappa shape index (κ1) is 16.6. The number of fused-ring (bicyclic) bond motifs is 2. The van der Waals surface area contributed by atoms with Gasteiger partial charge in [-0.3, -0.25) is 4.79 Å². The Balaban J connectivity index is 1.35. The summed E-state index contributed by atoms with van der Waals surface area (Å²) in [5.74, 6) is 0.823. The van der Waals surface area contributed by atoms with E-state index in [1.807, 2.05) is 16.5 Å². The van der Waals surface area contributed by atoms with Crippen molar-refractivity contribution >= 4 is 34.2 Å². The highest BCUT2D eigenvalue weighted by Gasteiger charge is 2.33. The summed E-state index contributed by atoms with van der Waals surface area (Å²) < 4.78 is 7.70. The van der Waals surface area contributed by atoms with Crippen molar-refractivity contribution in [1.29, 1.82) is 0 Å². The van der Waals surface area contributed by atoms with Crippen molar-refractivity contribution in [3.8, 4) is 0 Å². The summed E-state index contributed by atoms with van der Waals surface area (Å²) in [4.78, 5) is 31.6. The van der Waals surface area contributed by atoms with Crippen LogP contribution in [0.4, 0.5) is 5.82 Å². The first-order valence-electron chi connectivity index (χ1n) is 9.03. The largest absolute Gasteiger partial charge is 0.365 e. The predicted octanol–water partition coefficient (Wildman–Crippen LogP) is 1.21. The Morgan fingerprint density at radius 3 is 3.15 bits per heavy atom. The number of morpholine rings is 1. The molecule has 9 heteroatoms. The molecular formula is C18H20N6O2S. The van der Waals surface area contributed by atoms with Crippen LogP contribution < -0.4 is 4.90 Å². The molecule has 2 aliphatic rings. The molecule has 0 radical (unpaired) electrons. The minimum atomic E-state index is -0.479. The zero-order valence-corrected chi connectivity index (χ0v) is 15.9. The number of hydrogen-bond donors (Lipinski definition) is 0. The van der Waals surface area contributed by atoms with Crippen molar-refractivity contribution in [2.45, 2.75) is 19.1 Å². The Bertz CT molecular complexity index is 999. The monoisotopic (exact) mass is 384 g/mol. The Hall–Kier alpha value is -2.52. The second-order valence-corrected chi connectivity index (χ2v) is 7.91. The number of thiophene rings is 1. The highest BCUT2D eigenvalue weighted by Crippen LogP contribution is 2.26. The van der Waals surface area contributed by atoms with Crippen molar-refractivity contribution < 1.29 is 9.53 Å². The predicted molar refractivity (Wildman–Crippen MR) is 102 cm³/mol. The van der Waals surface area contributed by atoms with Crippen molar-refractivity contribution in [2.75, 3.05) is 31.1 Å². The fraction of sp³-hybridized carbons (Fsp3) is 0.444. The molecule has 0 spiro atoms. The topological polar surface area (TPSA) is 76.4 Å². The summed E-state index contributed by atoms with van der Waals surface area (Å²) in [6, 6.07) is 2.12. The molecule has 8 nitrogen and oxygen atoms in total. The van der Waals surface area contributed by atoms with Gasteiger partial charge in [0.1, 0.15) is 6.33 Å². The lowest BCUT2D eigenvalue weighted by Crippen LogP contribution is -2.52. The lowest BCUT2D eigenvalue weighted by atomic mass is 10.1. The highest BCUT2D eigenvalue weighted by atomic mass is 32.1. The van der Waals surface area contributed by atoms with Crippen LogP contribution in [0.1, 0.15) is 10.4 Å². The Morgan fingerprint density at radius 1 is 1.30 bits per heavy atom. The van der Waals surface area contributed by atoms with Gasteiger partial charge in [-0.2, -0.15) is 0 Å². The van der Waals surface area contributed by atoms with Gasteiger partial charge in [0.25, 0.3) is 5.91 Å². The van der Waals surface area contributed by atoms with Crippen LogP contribution in [0.3, 0.4) is 0 Å². The number of amides is 1. The van der Waals surface area contributed by atoms with Crippen LogP contribution in [0.5, 0.6) is 0 Å². The van der Waals surface area contributed by atoms with E-state index in [9.17, 15) is 4.79 Å². The van der Waals surface area contributed by atoms with Gasteiger partial charge in [-0.15, -0.1) is 11.3 Å². The van der Waals surface area contributed by atoms with Crippen LogP contribution >= 0.6 is 11.3 Å². The van der Waals surface area contributed by atoms with Crippen LogP contribution in [0, 0.1) is 0 Å². The Morgan fingerprint density at radius 2 is 2.22 bits per heavy atom. The van der Waals surface area contributed by atoms with Crippen LogP contribution in [-0.4, -0.2) is 62.7 Å². The summed E-state index contributed by atoms with van der Waals surface area (Å²) >= 11 is 1.77. The molecule has 0 saturated carbocycles. The van der Waals surface area contributed by atoms with Gasteiger partial charge in [0, 0.05) is 31.6 Å². The number of rotatable bonds is 2. The van der Waals surface area contributed by atoms with Gasteiger partial charge in [0.2, 0.25) is 0 Å². The molecule has 1 atom stereocenters. The molecule has 0 bridgehead atoms. The molecule has 1 fully saturated rings. The zero-order chi connectivity index (χ0) is 18.4. The number of imidazole rings is 1. The van der Waals surface area contributed by atoms with E-state index in [1.165, 1.54) is 10.4 Å². The van der Waals surface area contributed by atoms with E-state index in [-0.39, 0.29) is 5.91 Å². The fourth-order valence-corrected chi connectivity index (χ4v) is 4.69. The van der Waals surface area contributed by atoms with Crippen LogP contribution in [-0.2, 0) is 29.5 Å². The maximum atomic E-state index is 13.1. The third-order valence-electron chi connectivity index (χ3n) is 5.24. The second-order valence-electron chi connectivity index (χ2n) is 6.91. The number of ether oxygens (including phenoxy) is 1. The molecule has 1 saturated heterocycles. The third-order valence-corrected chi connectivity index (χ3v) is 6.26. The molecule has 5 rings (SSSR count). The van der Waals surface area contributed by atoms with Gasteiger partial charge >= 0.3 is 0 Å². The minimum Gasteiger partial charge on any atom is -0.365 e. The van der Waals surface area contributed by atoms with Crippen molar-refractivity contribution in [1.82, 2.24) is 24.4 Å². The molecule has 0 N–H and O–H groups in total. The SMILES string of the molecule is Cn1cnc2c(N3CCOC(C(=O)N4CCc5sccc5C4)C3)ncnc21. The summed E-state index contributed by atoms with van der Waals surface area (Å²) in [7, 11) is 1.91. The number of aromatic nitrogens is 4.